The maximum atomic E-state index is 12.5. The largest absolute Gasteiger partial charge is 0.433 e. The lowest BCUT2D eigenvalue weighted by atomic mass is 10.3. The summed E-state index contributed by atoms with van der Waals surface area (Å²) in [5, 5.41) is 11.6. The number of hydrogen-bond acceptors (Lipinski definition) is 8. The average molecular weight is 404 g/mol. The van der Waals surface area contributed by atoms with E-state index in [9.17, 15) is 14.9 Å². The van der Waals surface area contributed by atoms with E-state index in [1.54, 1.807) is 28.0 Å². The van der Waals surface area contributed by atoms with E-state index in [2.05, 4.69) is 17.0 Å². The molecule has 0 N–H and O–H groups in total. The highest BCUT2D eigenvalue weighted by atomic mass is 32.2. The molecule has 0 atom stereocenters. The number of piperazine rings is 1. The minimum atomic E-state index is -0.649. The van der Waals surface area contributed by atoms with Gasteiger partial charge in [-0.05, 0) is 30.5 Å². The fourth-order valence-electron chi connectivity index (χ4n) is 2.95. The first-order valence-corrected chi connectivity index (χ1v) is 10.3. The number of nitrogens with zero attached hydrogens (tertiary/aromatic N) is 4. The number of thioether (sulfide) groups is 1. The molecule has 3 aromatic rings. The van der Waals surface area contributed by atoms with Gasteiger partial charge in [0.1, 0.15) is 4.92 Å². The van der Waals surface area contributed by atoms with Crippen molar-refractivity contribution in [2.24, 2.45) is 0 Å². The van der Waals surface area contributed by atoms with Crippen LogP contribution in [0.4, 0.5) is 11.0 Å². The highest BCUT2D eigenvalue weighted by molar-refractivity contribution is 7.98. The number of hydrogen-bond donors (Lipinski definition) is 0. The van der Waals surface area contributed by atoms with Crippen LogP contribution in [-0.2, 0) is 0 Å². The number of amides is 1. The summed E-state index contributed by atoms with van der Waals surface area (Å²) in [4.78, 5) is 32.2. The number of rotatable bonds is 4. The van der Waals surface area contributed by atoms with Crippen LogP contribution in [0.2, 0.25) is 0 Å². The van der Waals surface area contributed by atoms with Gasteiger partial charge in [-0.1, -0.05) is 11.3 Å². The van der Waals surface area contributed by atoms with Crippen molar-refractivity contribution in [3.05, 3.63) is 46.2 Å². The predicted molar refractivity (Wildman–Crippen MR) is 105 cm³/mol. The summed E-state index contributed by atoms with van der Waals surface area (Å²) in [5.74, 6) is -0.743. The highest BCUT2D eigenvalue weighted by Gasteiger charge is 2.27. The Labute approximate surface area is 162 Å². The van der Waals surface area contributed by atoms with Gasteiger partial charge in [0.2, 0.25) is 0 Å². The molecule has 0 saturated carbocycles. The number of furan rings is 1. The normalized spacial score (nSPS) is 14.7. The second-order valence-corrected chi connectivity index (χ2v) is 7.89. The molecule has 1 saturated heterocycles. The number of benzene rings is 1. The fraction of sp³-hybridized carbons (Fsp3) is 0.294. The second-order valence-electron chi connectivity index (χ2n) is 6.00. The van der Waals surface area contributed by atoms with Crippen molar-refractivity contribution in [1.29, 1.82) is 0 Å². The Morgan fingerprint density at radius 1 is 1.26 bits per heavy atom. The lowest BCUT2D eigenvalue weighted by molar-refractivity contribution is -0.402. The Kier molecular flexibility index (Phi) is 4.75. The van der Waals surface area contributed by atoms with Gasteiger partial charge in [0, 0.05) is 31.1 Å². The number of anilines is 1. The van der Waals surface area contributed by atoms with Crippen molar-refractivity contribution < 1.29 is 14.1 Å². The smallest absolute Gasteiger partial charge is 0.395 e. The number of carbonyl (C=O) groups excluding carboxylic acids is 1. The van der Waals surface area contributed by atoms with Crippen LogP contribution in [0.15, 0.2) is 39.6 Å². The van der Waals surface area contributed by atoms with Gasteiger partial charge in [0.25, 0.3) is 5.91 Å². The molecule has 1 aromatic carbocycles. The summed E-state index contributed by atoms with van der Waals surface area (Å²) in [6, 6.07) is 8.79. The minimum Gasteiger partial charge on any atom is -0.395 e. The summed E-state index contributed by atoms with van der Waals surface area (Å²) in [7, 11) is 0. The van der Waals surface area contributed by atoms with Gasteiger partial charge in [-0.15, -0.1) is 11.8 Å². The van der Waals surface area contributed by atoms with E-state index in [1.807, 2.05) is 12.3 Å². The van der Waals surface area contributed by atoms with Crippen LogP contribution < -0.4 is 4.90 Å². The molecule has 8 nitrogen and oxygen atoms in total. The standard InChI is InChI=1S/C17H16N4O4S2/c1-26-11-2-3-12-14(10-11)27-17(18-12)20-8-6-19(7-9-20)16(22)13-4-5-15(25-13)21(23)24/h2-5,10H,6-9H2,1H3. The van der Waals surface area contributed by atoms with Crippen molar-refractivity contribution >= 4 is 50.2 Å². The Hall–Kier alpha value is -2.59. The molecular weight excluding hydrogens is 388 g/mol. The third-order valence-corrected chi connectivity index (χ3v) is 6.21. The van der Waals surface area contributed by atoms with Crippen molar-refractivity contribution in [3.63, 3.8) is 0 Å². The van der Waals surface area contributed by atoms with E-state index in [1.165, 1.54) is 17.0 Å². The Balaban J connectivity index is 1.43. The molecule has 1 aliphatic heterocycles. The van der Waals surface area contributed by atoms with E-state index in [-0.39, 0.29) is 11.7 Å². The van der Waals surface area contributed by atoms with E-state index < -0.39 is 10.8 Å². The first-order valence-electron chi connectivity index (χ1n) is 8.28. The number of fused-ring (bicyclic) bond motifs is 1. The van der Waals surface area contributed by atoms with Gasteiger partial charge in [-0.3, -0.25) is 14.9 Å². The molecule has 1 fully saturated rings. The van der Waals surface area contributed by atoms with Gasteiger partial charge in [0.05, 0.1) is 16.3 Å². The van der Waals surface area contributed by atoms with Gasteiger partial charge in [-0.2, -0.15) is 0 Å². The van der Waals surface area contributed by atoms with E-state index in [4.69, 9.17) is 9.40 Å². The number of aromatic nitrogens is 1. The Morgan fingerprint density at radius 2 is 2.04 bits per heavy atom. The summed E-state index contributed by atoms with van der Waals surface area (Å²) in [5.41, 5.74) is 0.981. The number of thiazole rings is 1. The van der Waals surface area contributed by atoms with Crippen LogP contribution in [0.5, 0.6) is 0 Å². The first kappa shape index (κ1) is 17.8. The van der Waals surface area contributed by atoms with Crippen molar-refractivity contribution in [3.8, 4) is 0 Å². The number of carbonyl (C=O) groups is 1. The van der Waals surface area contributed by atoms with Gasteiger partial charge in [0.15, 0.2) is 10.9 Å². The summed E-state index contributed by atoms with van der Waals surface area (Å²) >= 11 is 3.35. The molecule has 27 heavy (non-hydrogen) atoms. The Morgan fingerprint density at radius 3 is 2.70 bits per heavy atom. The third kappa shape index (κ3) is 3.50. The molecule has 0 radical (unpaired) electrons. The van der Waals surface area contributed by atoms with Crippen molar-refractivity contribution in [2.75, 3.05) is 37.3 Å². The van der Waals surface area contributed by atoms with Gasteiger partial charge < -0.3 is 14.2 Å². The zero-order valence-electron chi connectivity index (χ0n) is 14.5. The van der Waals surface area contributed by atoms with Crippen LogP contribution >= 0.6 is 23.1 Å². The molecular formula is C17H16N4O4S2. The minimum absolute atomic E-state index is 0.000248. The lowest BCUT2D eigenvalue weighted by Crippen LogP contribution is -2.48. The molecule has 140 valence electrons. The van der Waals surface area contributed by atoms with Crippen LogP contribution in [0.1, 0.15) is 10.6 Å². The van der Waals surface area contributed by atoms with E-state index >= 15 is 0 Å². The van der Waals surface area contributed by atoms with Crippen LogP contribution in [0.25, 0.3) is 10.2 Å². The fourth-order valence-corrected chi connectivity index (χ4v) is 4.52. The van der Waals surface area contributed by atoms with Crippen molar-refractivity contribution in [1.82, 2.24) is 9.88 Å². The maximum Gasteiger partial charge on any atom is 0.433 e. The van der Waals surface area contributed by atoms with Crippen LogP contribution in [-0.4, -0.2) is 53.1 Å². The molecule has 2 aromatic heterocycles. The zero-order valence-corrected chi connectivity index (χ0v) is 16.1. The summed E-state index contributed by atoms with van der Waals surface area (Å²) < 4.78 is 6.17. The molecule has 0 aliphatic carbocycles. The quantitative estimate of drug-likeness (QED) is 0.373. The third-order valence-electron chi connectivity index (χ3n) is 4.40. The highest BCUT2D eigenvalue weighted by Crippen LogP contribution is 2.32. The molecule has 0 unspecified atom stereocenters. The monoisotopic (exact) mass is 404 g/mol. The number of nitro groups is 1. The molecule has 0 spiro atoms. The van der Waals surface area contributed by atoms with E-state index in [0.29, 0.717) is 26.2 Å². The van der Waals surface area contributed by atoms with Crippen molar-refractivity contribution in [2.45, 2.75) is 4.90 Å². The second kappa shape index (κ2) is 7.20. The molecule has 4 rings (SSSR count). The predicted octanol–water partition coefficient (Wildman–Crippen LogP) is 3.48. The van der Waals surface area contributed by atoms with Crippen LogP contribution in [0, 0.1) is 10.1 Å². The molecule has 1 amide bonds. The molecule has 1 aliphatic rings. The van der Waals surface area contributed by atoms with Crippen LogP contribution in [0.3, 0.4) is 0 Å². The molecule has 0 bridgehead atoms. The molecule has 3 heterocycles. The lowest BCUT2D eigenvalue weighted by Gasteiger charge is -2.34. The molecule has 10 heteroatoms. The zero-order chi connectivity index (χ0) is 19.0. The summed E-state index contributed by atoms with van der Waals surface area (Å²) in [6.07, 6.45) is 2.05. The SMILES string of the molecule is CSc1ccc2nc(N3CCN(C(=O)c4ccc([N+](=O)[O-])o4)CC3)sc2c1. The van der Waals surface area contributed by atoms with Gasteiger partial charge in [-0.25, -0.2) is 4.98 Å². The topological polar surface area (TPSA) is 92.7 Å². The van der Waals surface area contributed by atoms with E-state index in [0.717, 1.165) is 15.3 Å². The maximum absolute atomic E-state index is 12.5. The van der Waals surface area contributed by atoms with Gasteiger partial charge >= 0.3 is 5.88 Å². The Bertz CT molecular complexity index is 1010. The average Bonchev–Trinajstić information content (AvgIpc) is 3.34. The summed E-state index contributed by atoms with van der Waals surface area (Å²) in [6.45, 7) is 2.34. The first-order chi connectivity index (χ1) is 13.0.